The summed E-state index contributed by atoms with van der Waals surface area (Å²) in [6.07, 6.45) is 0.703. The van der Waals surface area contributed by atoms with Crippen molar-refractivity contribution in [1.82, 2.24) is 5.01 Å². The van der Waals surface area contributed by atoms with E-state index in [1.54, 1.807) is 11.3 Å². The van der Waals surface area contributed by atoms with Gasteiger partial charge < -0.3 is 4.74 Å². The van der Waals surface area contributed by atoms with E-state index in [2.05, 4.69) is 62.7 Å². The van der Waals surface area contributed by atoms with Gasteiger partial charge in [0, 0.05) is 22.0 Å². The van der Waals surface area contributed by atoms with Crippen molar-refractivity contribution in [3.63, 3.8) is 0 Å². The average Bonchev–Trinajstić information content (AvgIpc) is 3.31. The Morgan fingerprint density at radius 1 is 1.08 bits per heavy atom. The number of ether oxygens (including phenoxy) is 1. The molecular weight excluding hydrogens is 396 g/mol. The molecule has 124 valence electrons. The molecule has 3 aromatic rings. The summed E-state index contributed by atoms with van der Waals surface area (Å²) in [7, 11) is 0. The second-order valence-electron chi connectivity index (χ2n) is 6.19. The fraction of sp³-hybridized carbons (Fsp3) is 0.150. The highest BCUT2D eigenvalue weighted by atomic mass is 79.9. The van der Waals surface area contributed by atoms with Gasteiger partial charge in [0.2, 0.25) is 6.23 Å². The Morgan fingerprint density at radius 3 is 2.76 bits per heavy atom. The van der Waals surface area contributed by atoms with Crippen molar-refractivity contribution in [3.05, 3.63) is 86.5 Å². The van der Waals surface area contributed by atoms with Crippen LogP contribution in [0.4, 0.5) is 0 Å². The number of hydrazone groups is 1. The zero-order valence-corrected chi connectivity index (χ0v) is 15.7. The predicted molar refractivity (Wildman–Crippen MR) is 104 cm³/mol. The van der Waals surface area contributed by atoms with Crippen LogP contribution in [0.15, 0.2) is 75.6 Å². The molecule has 5 heteroatoms. The van der Waals surface area contributed by atoms with Gasteiger partial charge in [-0.1, -0.05) is 52.3 Å². The third-order valence-corrected chi connectivity index (χ3v) is 6.05. The van der Waals surface area contributed by atoms with Crippen molar-refractivity contribution in [2.45, 2.75) is 18.7 Å². The van der Waals surface area contributed by atoms with Crippen LogP contribution in [0.25, 0.3) is 0 Å². The lowest BCUT2D eigenvalue weighted by Gasteiger charge is -2.38. The smallest absolute Gasteiger partial charge is 0.213 e. The van der Waals surface area contributed by atoms with Gasteiger partial charge in [-0.25, -0.2) is 5.01 Å². The maximum atomic E-state index is 6.35. The van der Waals surface area contributed by atoms with Gasteiger partial charge in [0.15, 0.2) is 0 Å². The molecule has 0 radical (unpaired) electrons. The van der Waals surface area contributed by atoms with Crippen LogP contribution in [0.3, 0.4) is 0 Å². The largest absolute Gasteiger partial charge is 0.464 e. The SMILES string of the molecule is Brc1ccc2c(c1)[C@H]1CC(c3cccs3)=NN1[C@@H](c1ccccc1)O2. The molecule has 0 saturated heterocycles. The van der Waals surface area contributed by atoms with Crippen LogP contribution >= 0.6 is 27.3 Å². The van der Waals surface area contributed by atoms with Crippen molar-refractivity contribution >= 4 is 33.0 Å². The molecule has 0 saturated carbocycles. The third kappa shape index (κ3) is 2.58. The second kappa shape index (κ2) is 6.00. The van der Waals surface area contributed by atoms with Crippen LogP contribution < -0.4 is 4.74 Å². The van der Waals surface area contributed by atoms with Gasteiger partial charge in [0.05, 0.1) is 16.6 Å². The Bertz CT molecular complexity index is 940. The van der Waals surface area contributed by atoms with Gasteiger partial charge in [-0.2, -0.15) is 5.10 Å². The molecule has 0 fully saturated rings. The summed E-state index contributed by atoms with van der Waals surface area (Å²) in [6.45, 7) is 0. The Balaban J connectivity index is 1.62. The van der Waals surface area contributed by atoms with Gasteiger partial charge in [-0.15, -0.1) is 11.3 Å². The van der Waals surface area contributed by atoms with E-state index in [-0.39, 0.29) is 12.3 Å². The highest BCUT2D eigenvalue weighted by molar-refractivity contribution is 9.10. The molecule has 0 aliphatic carbocycles. The standard InChI is InChI=1S/C20H15BrN2OS/c21-14-8-9-18-15(11-14)17-12-16(19-7-4-10-25-19)22-23(17)20(24-18)13-5-2-1-3-6-13/h1-11,17,20H,12H2/t17-,20-/m1/s1. The topological polar surface area (TPSA) is 24.8 Å². The third-order valence-electron chi connectivity index (χ3n) is 4.64. The lowest BCUT2D eigenvalue weighted by atomic mass is 9.98. The molecule has 0 bridgehead atoms. The molecule has 1 aromatic heterocycles. The summed E-state index contributed by atoms with van der Waals surface area (Å²) < 4.78 is 7.42. The molecule has 2 atom stereocenters. The summed E-state index contributed by atoms with van der Waals surface area (Å²) in [5, 5.41) is 9.19. The van der Waals surface area contributed by atoms with E-state index in [9.17, 15) is 0 Å². The van der Waals surface area contributed by atoms with E-state index in [4.69, 9.17) is 9.84 Å². The molecule has 25 heavy (non-hydrogen) atoms. The van der Waals surface area contributed by atoms with Gasteiger partial charge in [0.25, 0.3) is 0 Å². The lowest BCUT2D eigenvalue weighted by molar-refractivity contribution is -0.0190. The zero-order valence-electron chi connectivity index (χ0n) is 13.3. The summed E-state index contributed by atoms with van der Waals surface area (Å²) >= 11 is 5.33. The molecule has 0 unspecified atom stereocenters. The van der Waals surface area contributed by atoms with E-state index in [1.165, 1.54) is 10.4 Å². The minimum Gasteiger partial charge on any atom is -0.464 e. The molecule has 2 aliphatic rings. The Hall–Kier alpha value is -2.11. The van der Waals surface area contributed by atoms with E-state index in [0.717, 1.165) is 27.9 Å². The van der Waals surface area contributed by atoms with Crippen LogP contribution in [-0.4, -0.2) is 10.7 Å². The number of benzene rings is 2. The summed E-state index contributed by atoms with van der Waals surface area (Å²) in [6, 6.07) is 21.0. The fourth-order valence-electron chi connectivity index (χ4n) is 3.49. The number of halogens is 1. The molecule has 3 heterocycles. The molecule has 2 aromatic carbocycles. The fourth-order valence-corrected chi connectivity index (χ4v) is 4.59. The number of fused-ring (bicyclic) bond motifs is 3. The maximum Gasteiger partial charge on any atom is 0.213 e. The lowest BCUT2D eigenvalue weighted by Crippen LogP contribution is -2.33. The Kier molecular flexibility index (Phi) is 3.64. The molecule has 3 nitrogen and oxygen atoms in total. The van der Waals surface area contributed by atoms with E-state index < -0.39 is 0 Å². The van der Waals surface area contributed by atoms with Crippen molar-refractivity contribution in [3.8, 4) is 5.75 Å². The van der Waals surface area contributed by atoms with Gasteiger partial charge in [-0.05, 0) is 29.6 Å². The van der Waals surface area contributed by atoms with Crippen LogP contribution in [0.1, 0.15) is 34.7 Å². The number of rotatable bonds is 2. The Labute approximate surface area is 158 Å². The van der Waals surface area contributed by atoms with Gasteiger partial charge >= 0.3 is 0 Å². The minimum absolute atomic E-state index is 0.197. The first-order chi connectivity index (χ1) is 12.3. The number of hydrogen-bond donors (Lipinski definition) is 0. The predicted octanol–water partition coefficient (Wildman–Crippen LogP) is 5.75. The number of hydrogen-bond acceptors (Lipinski definition) is 4. The monoisotopic (exact) mass is 410 g/mol. The van der Waals surface area contributed by atoms with Crippen molar-refractivity contribution in [1.29, 1.82) is 0 Å². The molecule has 0 N–H and O–H groups in total. The van der Waals surface area contributed by atoms with E-state index >= 15 is 0 Å². The van der Waals surface area contributed by atoms with Crippen LogP contribution in [0.2, 0.25) is 0 Å². The zero-order chi connectivity index (χ0) is 16.8. The Morgan fingerprint density at radius 2 is 1.96 bits per heavy atom. The van der Waals surface area contributed by atoms with Crippen LogP contribution in [0.5, 0.6) is 5.75 Å². The molecule has 5 rings (SSSR count). The molecular formula is C20H15BrN2OS. The van der Waals surface area contributed by atoms with E-state index in [0.29, 0.717) is 0 Å². The first kappa shape index (κ1) is 15.2. The molecule has 0 amide bonds. The number of thiophene rings is 1. The number of nitrogens with zero attached hydrogens (tertiary/aromatic N) is 2. The first-order valence-electron chi connectivity index (χ1n) is 8.20. The van der Waals surface area contributed by atoms with Gasteiger partial charge in [-0.3, -0.25) is 0 Å². The second-order valence-corrected chi connectivity index (χ2v) is 8.05. The normalized spacial score (nSPS) is 21.3. The summed E-state index contributed by atoms with van der Waals surface area (Å²) in [5.41, 5.74) is 3.45. The van der Waals surface area contributed by atoms with Crippen LogP contribution in [-0.2, 0) is 0 Å². The highest BCUT2D eigenvalue weighted by Crippen LogP contribution is 2.48. The van der Waals surface area contributed by atoms with Crippen molar-refractivity contribution in [2.75, 3.05) is 0 Å². The molecule has 0 spiro atoms. The van der Waals surface area contributed by atoms with Crippen molar-refractivity contribution in [2.24, 2.45) is 5.10 Å². The van der Waals surface area contributed by atoms with Crippen molar-refractivity contribution < 1.29 is 4.74 Å². The maximum absolute atomic E-state index is 6.35. The van der Waals surface area contributed by atoms with E-state index in [1.807, 2.05) is 24.3 Å². The quantitative estimate of drug-likeness (QED) is 0.536. The average molecular weight is 411 g/mol. The first-order valence-corrected chi connectivity index (χ1v) is 9.87. The molecule has 2 aliphatic heterocycles. The summed E-state index contributed by atoms with van der Waals surface area (Å²) in [5.74, 6) is 0.945. The minimum atomic E-state index is -0.197. The van der Waals surface area contributed by atoms with Crippen LogP contribution in [0, 0.1) is 0 Å². The highest BCUT2D eigenvalue weighted by Gasteiger charge is 2.41. The summed E-state index contributed by atoms with van der Waals surface area (Å²) in [4.78, 5) is 1.23. The van der Waals surface area contributed by atoms with Gasteiger partial charge in [0.1, 0.15) is 5.75 Å².